The molecule has 1 N–H and O–H groups in total. The van der Waals surface area contributed by atoms with Gasteiger partial charge in [-0.25, -0.2) is 0 Å². The average molecular weight is 357 g/mol. The number of carbonyl (C=O) groups is 1. The molecule has 0 aromatic heterocycles. The van der Waals surface area contributed by atoms with E-state index in [2.05, 4.69) is 53.8 Å². The van der Waals surface area contributed by atoms with Gasteiger partial charge < -0.3 is 10.1 Å². The first-order valence-electron chi connectivity index (χ1n) is 7.31. The number of hydrogen-bond acceptors (Lipinski definition) is 3. The SMILES string of the molecule is CC(C)N(CCNC(=O)COc1ccc(Br)cc1)C(C)C. The molecule has 0 unspecified atom stereocenters. The summed E-state index contributed by atoms with van der Waals surface area (Å²) < 4.78 is 6.42. The summed E-state index contributed by atoms with van der Waals surface area (Å²) >= 11 is 3.36. The zero-order chi connectivity index (χ0) is 15.8. The number of halogens is 1. The zero-order valence-corrected chi connectivity index (χ0v) is 14.8. The van der Waals surface area contributed by atoms with E-state index in [-0.39, 0.29) is 12.5 Å². The Balaban J connectivity index is 2.26. The van der Waals surface area contributed by atoms with E-state index < -0.39 is 0 Å². The Morgan fingerprint density at radius 1 is 1.19 bits per heavy atom. The second-order valence-electron chi connectivity index (χ2n) is 5.52. The van der Waals surface area contributed by atoms with Crippen molar-refractivity contribution in [3.63, 3.8) is 0 Å². The van der Waals surface area contributed by atoms with Crippen LogP contribution in [0, 0.1) is 0 Å². The number of hydrogen-bond donors (Lipinski definition) is 1. The van der Waals surface area contributed by atoms with E-state index in [0.29, 0.717) is 24.4 Å². The van der Waals surface area contributed by atoms with Gasteiger partial charge in [0, 0.05) is 29.6 Å². The molecule has 5 heteroatoms. The van der Waals surface area contributed by atoms with E-state index in [1.807, 2.05) is 24.3 Å². The molecule has 0 spiro atoms. The summed E-state index contributed by atoms with van der Waals surface area (Å²) in [4.78, 5) is 14.1. The Kier molecular flexibility index (Phi) is 7.75. The van der Waals surface area contributed by atoms with E-state index in [0.717, 1.165) is 11.0 Å². The molecule has 0 bridgehead atoms. The van der Waals surface area contributed by atoms with Gasteiger partial charge in [0.25, 0.3) is 5.91 Å². The minimum Gasteiger partial charge on any atom is -0.484 e. The van der Waals surface area contributed by atoms with Crippen LogP contribution in [0.1, 0.15) is 27.7 Å². The second-order valence-corrected chi connectivity index (χ2v) is 6.43. The third kappa shape index (κ3) is 6.96. The Bertz CT molecular complexity index is 424. The number of benzene rings is 1. The average Bonchev–Trinajstić information content (AvgIpc) is 2.42. The second kappa shape index (κ2) is 9.05. The summed E-state index contributed by atoms with van der Waals surface area (Å²) in [5.74, 6) is 0.602. The molecule has 4 nitrogen and oxygen atoms in total. The molecule has 1 aromatic rings. The minimum absolute atomic E-state index is 0.0466. The third-order valence-corrected chi connectivity index (χ3v) is 3.73. The standard InChI is InChI=1S/C16H25BrN2O2/c1-12(2)19(13(3)4)10-9-18-16(20)11-21-15-7-5-14(17)6-8-15/h5-8,12-13H,9-11H2,1-4H3,(H,18,20). The highest BCUT2D eigenvalue weighted by molar-refractivity contribution is 9.10. The molecule has 0 aliphatic carbocycles. The highest BCUT2D eigenvalue weighted by atomic mass is 79.9. The van der Waals surface area contributed by atoms with Crippen molar-refractivity contribution in [2.45, 2.75) is 39.8 Å². The lowest BCUT2D eigenvalue weighted by atomic mass is 10.2. The molecule has 0 atom stereocenters. The lowest BCUT2D eigenvalue weighted by Crippen LogP contribution is -2.43. The van der Waals surface area contributed by atoms with Crippen LogP contribution in [-0.4, -0.2) is 42.6 Å². The van der Waals surface area contributed by atoms with Crippen LogP contribution in [0.5, 0.6) is 5.75 Å². The van der Waals surface area contributed by atoms with Crippen molar-refractivity contribution < 1.29 is 9.53 Å². The lowest BCUT2D eigenvalue weighted by molar-refractivity contribution is -0.123. The Hall–Kier alpha value is -1.07. The number of amides is 1. The van der Waals surface area contributed by atoms with Crippen LogP contribution >= 0.6 is 15.9 Å². The van der Waals surface area contributed by atoms with Crippen molar-refractivity contribution in [1.82, 2.24) is 10.2 Å². The van der Waals surface area contributed by atoms with Crippen LogP contribution in [-0.2, 0) is 4.79 Å². The van der Waals surface area contributed by atoms with Gasteiger partial charge in [-0.2, -0.15) is 0 Å². The van der Waals surface area contributed by atoms with Crippen LogP contribution in [0.15, 0.2) is 28.7 Å². The quantitative estimate of drug-likeness (QED) is 0.778. The van der Waals surface area contributed by atoms with Crippen LogP contribution in [0.4, 0.5) is 0 Å². The number of carbonyl (C=O) groups excluding carboxylic acids is 1. The summed E-state index contributed by atoms with van der Waals surface area (Å²) in [5, 5.41) is 2.89. The van der Waals surface area contributed by atoms with Crippen molar-refractivity contribution in [2.75, 3.05) is 19.7 Å². The van der Waals surface area contributed by atoms with E-state index >= 15 is 0 Å². The van der Waals surface area contributed by atoms with Gasteiger partial charge >= 0.3 is 0 Å². The highest BCUT2D eigenvalue weighted by Crippen LogP contribution is 2.15. The summed E-state index contributed by atoms with van der Waals surface area (Å²) in [6.45, 7) is 10.2. The molecular formula is C16H25BrN2O2. The Labute approximate surface area is 136 Å². The van der Waals surface area contributed by atoms with Gasteiger partial charge in [-0.05, 0) is 52.0 Å². The van der Waals surface area contributed by atoms with E-state index in [4.69, 9.17) is 4.74 Å². The monoisotopic (exact) mass is 356 g/mol. The lowest BCUT2D eigenvalue weighted by Gasteiger charge is -2.30. The van der Waals surface area contributed by atoms with Crippen LogP contribution in [0.2, 0.25) is 0 Å². The van der Waals surface area contributed by atoms with Crippen LogP contribution < -0.4 is 10.1 Å². The molecular weight excluding hydrogens is 332 g/mol. The van der Waals surface area contributed by atoms with Crippen LogP contribution in [0.3, 0.4) is 0 Å². The maximum absolute atomic E-state index is 11.7. The molecule has 1 rings (SSSR count). The first kappa shape index (κ1) is 18.0. The maximum atomic E-state index is 11.7. The van der Waals surface area contributed by atoms with Crippen molar-refractivity contribution in [3.05, 3.63) is 28.7 Å². The van der Waals surface area contributed by atoms with E-state index in [9.17, 15) is 4.79 Å². The number of rotatable bonds is 8. The van der Waals surface area contributed by atoms with Gasteiger partial charge in [0.05, 0.1) is 0 Å². The fourth-order valence-corrected chi connectivity index (χ4v) is 2.43. The van der Waals surface area contributed by atoms with E-state index in [1.165, 1.54) is 0 Å². The number of ether oxygens (including phenoxy) is 1. The molecule has 118 valence electrons. The van der Waals surface area contributed by atoms with Crippen molar-refractivity contribution in [1.29, 1.82) is 0 Å². The molecule has 1 amide bonds. The predicted octanol–water partition coefficient (Wildman–Crippen LogP) is 3.06. The highest BCUT2D eigenvalue weighted by Gasteiger charge is 2.13. The number of nitrogens with zero attached hydrogens (tertiary/aromatic N) is 1. The molecule has 0 saturated heterocycles. The molecule has 0 fully saturated rings. The maximum Gasteiger partial charge on any atom is 0.257 e. The molecule has 0 heterocycles. The van der Waals surface area contributed by atoms with Crippen LogP contribution in [0.25, 0.3) is 0 Å². The van der Waals surface area contributed by atoms with Gasteiger partial charge in [0.2, 0.25) is 0 Å². The molecule has 0 aliphatic rings. The number of nitrogens with one attached hydrogen (secondary N) is 1. The largest absolute Gasteiger partial charge is 0.484 e. The summed E-state index contributed by atoms with van der Waals surface area (Å²) in [6, 6.07) is 8.38. The Morgan fingerprint density at radius 2 is 1.76 bits per heavy atom. The van der Waals surface area contributed by atoms with E-state index in [1.54, 1.807) is 0 Å². The zero-order valence-electron chi connectivity index (χ0n) is 13.2. The molecule has 21 heavy (non-hydrogen) atoms. The minimum atomic E-state index is -0.0922. The molecule has 0 aliphatic heterocycles. The fraction of sp³-hybridized carbons (Fsp3) is 0.562. The third-order valence-electron chi connectivity index (χ3n) is 3.20. The van der Waals surface area contributed by atoms with Gasteiger partial charge in [-0.15, -0.1) is 0 Å². The first-order chi connectivity index (χ1) is 9.90. The van der Waals surface area contributed by atoms with Crippen molar-refractivity contribution >= 4 is 21.8 Å². The van der Waals surface area contributed by atoms with Gasteiger partial charge in [-0.3, -0.25) is 9.69 Å². The summed E-state index contributed by atoms with van der Waals surface area (Å²) in [6.07, 6.45) is 0. The van der Waals surface area contributed by atoms with Gasteiger partial charge in [0.1, 0.15) is 5.75 Å². The summed E-state index contributed by atoms with van der Waals surface area (Å²) in [7, 11) is 0. The normalized spacial score (nSPS) is 11.2. The summed E-state index contributed by atoms with van der Waals surface area (Å²) in [5.41, 5.74) is 0. The van der Waals surface area contributed by atoms with Gasteiger partial charge in [0.15, 0.2) is 6.61 Å². The fourth-order valence-electron chi connectivity index (χ4n) is 2.17. The predicted molar refractivity (Wildman–Crippen MR) is 89.6 cm³/mol. The van der Waals surface area contributed by atoms with Crippen molar-refractivity contribution in [3.8, 4) is 5.75 Å². The smallest absolute Gasteiger partial charge is 0.257 e. The first-order valence-corrected chi connectivity index (χ1v) is 8.10. The van der Waals surface area contributed by atoms with Crippen molar-refractivity contribution in [2.24, 2.45) is 0 Å². The topological polar surface area (TPSA) is 41.6 Å². The molecule has 0 saturated carbocycles. The van der Waals surface area contributed by atoms with Gasteiger partial charge in [-0.1, -0.05) is 15.9 Å². The molecule has 1 aromatic carbocycles. The Morgan fingerprint density at radius 3 is 2.29 bits per heavy atom. The molecule has 0 radical (unpaired) electrons.